The van der Waals surface area contributed by atoms with Crippen molar-refractivity contribution in [1.29, 1.82) is 0 Å². The third kappa shape index (κ3) is 3.50. The van der Waals surface area contributed by atoms with Gasteiger partial charge in [0.2, 0.25) is 0 Å². The molecule has 2 aromatic heterocycles. The number of hydrogen-bond donors (Lipinski definition) is 0. The van der Waals surface area contributed by atoms with E-state index < -0.39 is 0 Å². The monoisotopic (exact) mass is 398 g/mol. The molecule has 0 N–H and O–H groups in total. The fraction of sp³-hybridized carbons (Fsp3) is 0.320. The molecule has 1 unspecified atom stereocenters. The van der Waals surface area contributed by atoms with Crippen LogP contribution in [0, 0.1) is 0 Å². The number of aryl methyl sites for hydroxylation is 1. The van der Waals surface area contributed by atoms with Crippen LogP contribution in [-0.4, -0.2) is 26.1 Å². The molecule has 5 rings (SSSR count). The normalized spacial score (nSPS) is 16.8. The minimum absolute atomic E-state index is 0.00699. The van der Waals surface area contributed by atoms with Gasteiger partial charge in [-0.1, -0.05) is 67.6 Å². The Morgan fingerprint density at radius 3 is 2.30 bits per heavy atom. The summed E-state index contributed by atoms with van der Waals surface area (Å²) in [5.74, 6) is 1.76. The molecule has 0 spiro atoms. The van der Waals surface area contributed by atoms with Crippen LogP contribution in [-0.2, 0) is 11.2 Å². The molecule has 1 aliphatic heterocycles. The van der Waals surface area contributed by atoms with Gasteiger partial charge in [-0.15, -0.1) is 0 Å². The van der Waals surface area contributed by atoms with Crippen molar-refractivity contribution in [1.82, 2.24) is 19.5 Å². The maximum atomic E-state index is 6.17. The van der Waals surface area contributed by atoms with Gasteiger partial charge in [0.15, 0.2) is 11.5 Å². The van der Waals surface area contributed by atoms with Gasteiger partial charge in [-0.2, -0.15) is 0 Å². The lowest BCUT2D eigenvalue weighted by Crippen LogP contribution is -2.20. The van der Waals surface area contributed by atoms with E-state index in [2.05, 4.69) is 35.8 Å². The van der Waals surface area contributed by atoms with E-state index in [1.165, 1.54) is 0 Å². The quantitative estimate of drug-likeness (QED) is 0.425. The topological polar surface area (TPSA) is 52.8 Å². The molecule has 0 bridgehead atoms. The molecular weight excluding hydrogens is 372 g/mol. The standard InChI is InChI=1S/C25H26N4O/c1-2-11-20-26-23-22(18-12-5-3-6-13-18)27-24(19-14-7-4-8-15-19)28-25(23)29(20)21-16-9-10-17-30-21/h3-8,12-15,21H,2,9-11,16-17H2,1H3. The Morgan fingerprint density at radius 2 is 1.63 bits per heavy atom. The number of aromatic nitrogens is 4. The summed E-state index contributed by atoms with van der Waals surface area (Å²) in [5, 5.41) is 0. The van der Waals surface area contributed by atoms with Crippen LogP contribution in [0.1, 0.15) is 44.7 Å². The van der Waals surface area contributed by atoms with E-state index in [4.69, 9.17) is 19.7 Å². The summed E-state index contributed by atoms with van der Waals surface area (Å²) in [5.41, 5.74) is 4.67. The van der Waals surface area contributed by atoms with Crippen molar-refractivity contribution in [3.05, 3.63) is 66.5 Å². The van der Waals surface area contributed by atoms with Crippen molar-refractivity contribution in [3.8, 4) is 22.6 Å². The highest BCUT2D eigenvalue weighted by molar-refractivity contribution is 5.89. The van der Waals surface area contributed by atoms with E-state index in [0.717, 1.165) is 78.3 Å². The Bertz CT molecular complexity index is 1130. The van der Waals surface area contributed by atoms with E-state index in [1.807, 2.05) is 36.4 Å². The predicted octanol–water partition coefficient (Wildman–Crippen LogP) is 5.81. The fourth-order valence-electron chi connectivity index (χ4n) is 4.16. The molecule has 30 heavy (non-hydrogen) atoms. The SMILES string of the molecule is CCCc1nc2c(-c3ccccc3)nc(-c3ccccc3)nc2n1C1CCCCO1. The van der Waals surface area contributed by atoms with Crippen LogP contribution in [0.5, 0.6) is 0 Å². The molecule has 0 amide bonds. The molecule has 152 valence electrons. The maximum Gasteiger partial charge on any atom is 0.166 e. The van der Waals surface area contributed by atoms with Crippen LogP contribution in [0.3, 0.4) is 0 Å². The number of fused-ring (bicyclic) bond motifs is 1. The molecule has 0 saturated carbocycles. The first-order valence-electron chi connectivity index (χ1n) is 10.9. The zero-order valence-corrected chi connectivity index (χ0v) is 17.3. The van der Waals surface area contributed by atoms with Gasteiger partial charge in [0.1, 0.15) is 23.3 Å². The van der Waals surface area contributed by atoms with E-state index >= 15 is 0 Å². The highest BCUT2D eigenvalue weighted by Gasteiger charge is 2.25. The van der Waals surface area contributed by atoms with E-state index in [9.17, 15) is 0 Å². The van der Waals surface area contributed by atoms with E-state index in [-0.39, 0.29) is 6.23 Å². The number of rotatable bonds is 5. The van der Waals surface area contributed by atoms with Gasteiger partial charge in [0.05, 0.1) is 0 Å². The van der Waals surface area contributed by atoms with Crippen molar-refractivity contribution in [2.24, 2.45) is 0 Å². The lowest BCUT2D eigenvalue weighted by Gasteiger charge is -2.25. The largest absolute Gasteiger partial charge is 0.358 e. The predicted molar refractivity (Wildman–Crippen MR) is 119 cm³/mol. The number of ether oxygens (including phenoxy) is 1. The Kier molecular flexibility index (Phi) is 5.28. The summed E-state index contributed by atoms with van der Waals surface area (Å²) in [4.78, 5) is 15.0. The molecule has 1 saturated heterocycles. The second-order valence-corrected chi connectivity index (χ2v) is 7.77. The summed E-state index contributed by atoms with van der Waals surface area (Å²) in [7, 11) is 0. The number of benzene rings is 2. The van der Waals surface area contributed by atoms with Crippen molar-refractivity contribution >= 4 is 11.2 Å². The number of hydrogen-bond acceptors (Lipinski definition) is 4. The molecular formula is C25H26N4O. The summed E-state index contributed by atoms with van der Waals surface area (Å²) < 4.78 is 8.41. The van der Waals surface area contributed by atoms with Gasteiger partial charge >= 0.3 is 0 Å². The van der Waals surface area contributed by atoms with Crippen LogP contribution in [0.2, 0.25) is 0 Å². The maximum absolute atomic E-state index is 6.17. The third-order valence-electron chi connectivity index (χ3n) is 5.61. The molecule has 1 aliphatic rings. The zero-order chi connectivity index (χ0) is 20.3. The smallest absolute Gasteiger partial charge is 0.166 e. The Balaban J connectivity index is 1.79. The van der Waals surface area contributed by atoms with Gasteiger partial charge < -0.3 is 4.74 Å². The average molecular weight is 399 g/mol. The van der Waals surface area contributed by atoms with Gasteiger partial charge in [-0.05, 0) is 25.7 Å². The molecule has 2 aromatic carbocycles. The van der Waals surface area contributed by atoms with Crippen LogP contribution in [0.4, 0.5) is 0 Å². The average Bonchev–Trinajstić information content (AvgIpc) is 3.18. The molecule has 0 radical (unpaired) electrons. The highest BCUT2D eigenvalue weighted by atomic mass is 16.5. The molecule has 4 aromatic rings. The Morgan fingerprint density at radius 1 is 0.900 bits per heavy atom. The Labute approximate surface area is 176 Å². The van der Waals surface area contributed by atoms with Crippen molar-refractivity contribution in [2.45, 2.75) is 45.3 Å². The molecule has 5 heteroatoms. The van der Waals surface area contributed by atoms with Gasteiger partial charge in [0.25, 0.3) is 0 Å². The van der Waals surface area contributed by atoms with E-state index in [0.29, 0.717) is 0 Å². The summed E-state index contributed by atoms with van der Waals surface area (Å²) in [6.07, 6.45) is 5.19. The van der Waals surface area contributed by atoms with Crippen LogP contribution >= 0.6 is 0 Å². The number of imidazole rings is 1. The van der Waals surface area contributed by atoms with Crippen molar-refractivity contribution in [2.75, 3.05) is 6.61 Å². The fourth-order valence-corrected chi connectivity index (χ4v) is 4.16. The van der Waals surface area contributed by atoms with Gasteiger partial charge in [-0.25, -0.2) is 15.0 Å². The first kappa shape index (κ1) is 18.9. The molecule has 0 aliphatic carbocycles. The first-order valence-corrected chi connectivity index (χ1v) is 10.9. The minimum atomic E-state index is -0.00699. The van der Waals surface area contributed by atoms with Crippen LogP contribution < -0.4 is 0 Å². The molecule has 5 nitrogen and oxygen atoms in total. The van der Waals surface area contributed by atoms with Crippen molar-refractivity contribution in [3.63, 3.8) is 0 Å². The van der Waals surface area contributed by atoms with Crippen LogP contribution in [0.15, 0.2) is 60.7 Å². The molecule has 1 atom stereocenters. The summed E-state index contributed by atoms with van der Waals surface area (Å²) >= 11 is 0. The summed E-state index contributed by atoms with van der Waals surface area (Å²) in [6.45, 7) is 2.97. The second-order valence-electron chi connectivity index (χ2n) is 7.77. The van der Waals surface area contributed by atoms with Crippen molar-refractivity contribution < 1.29 is 4.74 Å². The van der Waals surface area contributed by atoms with Gasteiger partial charge in [-0.3, -0.25) is 4.57 Å². The highest BCUT2D eigenvalue weighted by Crippen LogP contribution is 2.33. The van der Waals surface area contributed by atoms with Gasteiger partial charge in [0, 0.05) is 24.2 Å². The molecule has 1 fully saturated rings. The summed E-state index contributed by atoms with van der Waals surface area (Å²) in [6, 6.07) is 20.5. The Hall–Kier alpha value is -3.05. The molecule has 3 heterocycles. The third-order valence-corrected chi connectivity index (χ3v) is 5.61. The first-order chi connectivity index (χ1) is 14.8. The lowest BCUT2D eigenvalue weighted by molar-refractivity contribution is -0.0313. The van der Waals surface area contributed by atoms with E-state index in [1.54, 1.807) is 0 Å². The second kappa shape index (κ2) is 8.36. The minimum Gasteiger partial charge on any atom is -0.358 e. The zero-order valence-electron chi connectivity index (χ0n) is 17.3. The lowest BCUT2D eigenvalue weighted by atomic mass is 10.1. The number of nitrogens with zero attached hydrogens (tertiary/aromatic N) is 4. The van der Waals surface area contributed by atoms with Crippen LogP contribution in [0.25, 0.3) is 33.8 Å².